The van der Waals surface area contributed by atoms with Gasteiger partial charge in [0.05, 0.1) is 0 Å². The van der Waals surface area contributed by atoms with Crippen molar-refractivity contribution in [1.82, 2.24) is 15.0 Å². The Morgan fingerprint density at radius 2 is 1.72 bits per heavy atom. The first-order valence-corrected chi connectivity index (χ1v) is 6.94. The van der Waals surface area contributed by atoms with Crippen molar-refractivity contribution in [2.24, 2.45) is 5.41 Å². The van der Waals surface area contributed by atoms with E-state index in [4.69, 9.17) is 5.73 Å². The third-order valence-corrected chi connectivity index (χ3v) is 3.38. The minimum absolute atomic E-state index is 0.178. The van der Waals surface area contributed by atoms with Gasteiger partial charge in [0.25, 0.3) is 0 Å². The van der Waals surface area contributed by atoms with Crippen LogP contribution in [0, 0.1) is 5.41 Å². The second kappa shape index (κ2) is 5.21. The van der Waals surface area contributed by atoms with E-state index in [1.165, 1.54) is 32.1 Å². The summed E-state index contributed by atoms with van der Waals surface area (Å²) in [5, 5.41) is 0. The van der Waals surface area contributed by atoms with Gasteiger partial charge in [-0.2, -0.15) is 9.97 Å². The van der Waals surface area contributed by atoms with Crippen molar-refractivity contribution < 1.29 is 0 Å². The zero-order valence-corrected chi connectivity index (χ0v) is 11.7. The maximum atomic E-state index is 5.82. The topological polar surface area (TPSA) is 64.7 Å². The second-order valence-corrected chi connectivity index (χ2v) is 6.54. The van der Waals surface area contributed by atoms with Gasteiger partial charge in [0.1, 0.15) is 11.6 Å². The van der Waals surface area contributed by atoms with Crippen LogP contribution in [-0.4, -0.2) is 15.0 Å². The highest BCUT2D eigenvalue weighted by Gasteiger charge is 2.21. The summed E-state index contributed by atoms with van der Waals surface area (Å²) >= 11 is 0. The van der Waals surface area contributed by atoms with Crippen molar-refractivity contribution >= 4 is 5.95 Å². The van der Waals surface area contributed by atoms with E-state index < -0.39 is 0 Å². The maximum Gasteiger partial charge on any atom is 0.223 e. The number of hydrogen-bond acceptors (Lipinski definition) is 4. The molecule has 1 fully saturated rings. The fourth-order valence-corrected chi connectivity index (χ4v) is 2.55. The molecule has 0 amide bonds. The largest absolute Gasteiger partial charge is 0.368 e. The van der Waals surface area contributed by atoms with Gasteiger partial charge in [0.15, 0.2) is 0 Å². The molecular weight excluding hydrogens is 224 g/mol. The molecule has 0 aliphatic heterocycles. The van der Waals surface area contributed by atoms with Crippen molar-refractivity contribution in [2.45, 2.75) is 65.2 Å². The Balaban J connectivity index is 2.20. The lowest BCUT2D eigenvalue weighted by Crippen LogP contribution is -2.17. The van der Waals surface area contributed by atoms with Crippen molar-refractivity contribution in [1.29, 1.82) is 0 Å². The summed E-state index contributed by atoms with van der Waals surface area (Å²) in [6.45, 7) is 6.56. The molecule has 2 rings (SSSR count). The first kappa shape index (κ1) is 13.2. The smallest absolute Gasteiger partial charge is 0.223 e. The van der Waals surface area contributed by atoms with Crippen LogP contribution in [-0.2, 0) is 6.42 Å². The molecule has 1 aromatic heterocycles. The molecule has 0 bridgehead atoms. The van der Waals surface area contributed by atoms with Crippen LogP contribution in [0.4, 0.5) is 5.95 Å². The zero-order chi connectivity index (χ0) is 13.2. The van der Waals surface area contributed by atoms with E-state index in [1.807, 2.05) is 0 Å². The summed E-state index contributed by atoms with van der Waals surface area (Å²) < 4.78 is 0. The highest BCUT2D eigenvalue weighted by Crippen LogP contribution is 2.31. The molecule has 1 aromatic rings. The number of nitrogens with two attached hydrogens (primary N) is 1. The molecule has 2 N–H and O–H groups in total. The van der Waals surface area contributed by atoms with E-state index in [2.05, 4.69) is 35.7 Å². The van der Waals surface area contributed by atoms with Crippen LogP contribution < -0.4 is 5.73 Å². The van der Waals surface area contributed by atoms with Crippen molar-refractivity contribution in [3.8, 4) is 0 Å². The van der Waals surface area contributed by atoms with E-state index >= 15 is 0 Å². The van der Waals surface area contributed by atoms with Gasteiger partial charge in [0.2, 0.25) is 5.95 Å². The van der Waals surface area contributed by atoms with Crippen molar-refractivity contribution in [3.05, 3.63) is 11.6 Å². The Morgan fingerprint density at radius 1 is 1.06 bits per heavy atom. The summed E-state index contributed by atoms with van der Waals surface area (Å²) in [7, 11) is 0. The van der Waals surface area contributed by atoms with Gasteiger partial charge in [-0.3, -0.25) is 0 Å². The van der Waals surface area contributed by atoms with Crippen LogP contribution in [0.25, 0.3) is 0 Å². The van der Waals surface area contributed by atoms with Gasteiger partial charge in [-0.25, -0.2) is 4.98 Å². The molecular formula is C14H24N4. The zero-order valence-electron chi connectivity index (χ0n) is 11.7. The highest BCUT2D eigenvalue weighted by atomic mass is 15.1. The third-order valence-electron chi connectivity index (χ3n) is 3.38. The van der Waals surface area contributed by atoms with Crippen molar-refractivity contribution in [2.75, 3.05) is 5.73 Å². The lowest BCUT2D eigenvalue weighted by atomic mass is 9.88. The first-order valence-electron chi connectivity index (χ1n) is 6.94. The summed E-state index contributed by atoms with van der Waals surface area (Å²) in [5.74, 6) is 2.63. The standard InChI is InChI=1S/C14H24N4/c1-14(2,3)9-11-16-12(18-13(15)17-11)10-7-5-4-6-8-10/h10H,4-9H2,1-3H3,(H2,15,16,17,18). The Labute approximate surface area is 109 Å². The monoisotopic (exact) mass is 248 g/mol. The lowest BCUT2D eigenvalue weighted by molar-refractivity contribution is 0.393. The molecule has 0 atom stereocenters. The van der Waals surface area contributed by atoms with E-state index in [-0.39, 0.29) is 5.41 Å². The van der Waals surface area contributed by atoms with Crippen LogP contribution in [0.1, 0.15) is 70.4 Å². The Kier molecular flexibility index (Phi) is 3.83. The Hall–Kier alpha value is -1.19. The van der Waals surface area contributed by atoms with Crippen LogP contribution in [0.3, 0.4) is 0 Å². The van der Waals surface area contributed by atoms with Crippen LogP contribution in [0.15, 0.2) is 0 Å². The molecule has 1 saturated carbocycles. The van der Waals surface area contributed by atoms with Crippen LogP contribution >= 0.6 is 0 Å². The average molecular weight is 248 g/mol. The maximum absolute atomic E-state index is 5.82. The van der Waals surface area contributed by atoms with E-state index in [9.17, 15) is 0 Å². The minimum atomic E-state index is 0.178. The van der Waals surface area contributed by atoms with Gasteiger partial charge in [-0.15, -0.1) is 0 Å². The molecule has 4 nitrogen and oxygen atoms in total. The number of nitrogens with zero attached hydrogens (tertiary/aromatic N) is 3. The van der Waals surface area contributed by atoms with Gasteiger partial charge in [-0.1, -0.05) is 40.0 Å². The SMILES string of the molecule is CC(C)(C)Cc1nc(N)nc(C2CCCCC2)n1. The Bertz CT molecular complexity index is 403. The second-order valence-electron chi connectivity index (χ2n) is 6.54. The number of hydrogen-bond donors (Lipinski definition) is 1. The number of aromatic nitrogens is 3. The molecule has 1 heterocycles. The van der Waals surface area contributed by atoms with E-state index in [0.717, 1.165) is 18.1 Å². The quantitative estimate of drug-likeness (QED) is 0.873. The summed E-state index contributed by atoms with van der Waals surface area (Å²) in [6.07, 6.45) is 7.14. The highest BCUT2D eigenvalue weighted by molar-refractivity contribution is 5.18. The van der Waals surface area contributed by atoms with Gasteiger partial charge < -0.3 is 5.73 Å². The van der Waals surface area contributed by atoms with Crippen LogP contribution in [0.5, 0.6) is 0 Å². The number of anilines is 1. The minimum Gasteiger partial charge on any atom is -0.368 e. The van der Waals surface area contributed by atoms with E-state index in [1.54, 1.807) is 0 Å². The molecule has 0 saturated heterocycles. The van der Waals surface area contributed by atoms with Crippen molar-refractivity contribution in [3.63, 3.8) is 0 Å². The molecule has 0 radical (unpaired) electrons. The molecule has 4 heteroatoms. The summed E-state index contributed by atoms with van der Waals surface area (Å²) in [5.41, 5.74) is 6.00. The van der Waals surface area contributed by atoms with Gasteiger partial charge in [-0.05, 0) is 18.3 Å². The molecule has 0 aromatic carbocycles. The summed E-state index contributed by atoms with van der Waals surface area (Å²) in [6, 6.07) is 0. The van der Waals surface area contributed by atoms with Crippen LogP contribution in [0.2, 0.25) is 0 Å². The molecule has 0 spiro atoms. The van der Waals surface area contributed by atoms with Gasteiger partial charge in [0, 0.05) is 12.3 Å². The predicted octanol–water partition coefficient (Wildman–Crippen LogP) is 3.09. The fraction of sp³-hybridized carbons (Fsp3) is 0.786. The molecule has 1 aliphatic carbocycles. The predicted molar refractivity (Wildman–Crippen MR) is 73.2 cm³/mol. The first-order chi connectivity index (χ1) is 8.44. The normalized spacial score (nSPS) is 17.9. The molecule has 100 valence electrons. The Morgan fingerprint density at radius 3 is 2.33 bits per heavy atom. The number of rotatable bonds is 2. The summed E-state index contributed by atoms with van der Waals surface area (Å²) in [4.78, 5) is 13.3. The molecule has 0 unspecified atom stereocenters. The third kappa shape index (κ3) is 3.65. The average Bonchev–Trinajstić information content (AvgIpc) is 2.27. The molecule has 18 heavy (non-hydrogen) atoms. The fourth-order valence-electron chi connectivity index (χ4n) is 2.55. The van der Waals surface area contributed by atoms with Gasteiger partial charge >= 0.3 is 0 Å². The lowest BCUT2D eigenvalue weighted by Gasteiger charge is -2.22. The van der Waals surface area contributed by atoms with E-state index in [0.29, 0.717) is 11.9 Å². The molecule has 1 aliphatic rings. The number of nitrogen functional groups attached to an aromatic ring is 1.